The van der Waals surface area contributed by atoms with Gasteiger partial charge in [0.05, 0.1) is 5.54 Å². The van der Waals surface area contributed by atoms with Crippen LogP contribution in [0.4, 0.5) is 0 Å². The van der Waals surface area contributed by atoms with Crippen LogP contribution in [0.1, 0.15) is 65.2 Å². The summed E-state index contributed by atoms with van der Waals surface area (Å²) in [6.45, 7) is 5.35. The fourth-order valence-electron chi connectivity index (χ4n) is 3.35. The molecule has 18 heavy (non-hydrogen) atoms. The molecule has 2 fully saturated rings. The van der Waals surface area contributed by atoms with Crippen LogP contribution in [0.15, 0.2) is 0 Å². The zero-order valence-electron chi connectivity index (χ0n) is 11.9. The predicted molar refractivity (Wildman–Crippen MR) is 74.1 cm³/mol. The molecule has 0 spiro atoms. The summed E-state index contributed by atoms with van der Waals surface area (Å²) in [6.07, 6.45) is 8.90. The lowest BCUT2D eigenvalue weighted by atomic mass is 9.81. The summed E-state index contributed by atoms with van der Waals surface area (Å²) in [7, 11) is 0. The van der Waals surface area contributed by atoms with Crippen LogP contribution in [0.3, 0.4) is 0 Å². The molecule has 0 aromatic carbocycles. The van der Waals surface area contributed by atoms with Gasteiger partial charge in [0.1, 0.15) is 0 Å². The zero-order chi connectivity index (χ0) is 13.2. The van der Waals surface area contributed by atoms with E-state index in [-0.39, 0.29) is 5.91 Å². The average molecular weight is 252 g/mol. The predicted octanol–water partition coefficient (Wildman–Crippen LogP) is 2.59. The van der Waals surface area contributed by atoms with Crippen LogP contribution in [0.25, 0.3) is 0 Å². The highest BCUT2D eigenvalue weighted by atomic mass is 16.2. The Kier molecular flexibility index (Phi) is 4.00. The number of rotatable bonds is 5. The fourth-order valence-corrected chi connectivity index (χ4v) is 3.35. The molecule has 0 aromatic heterocycles. The quantitative estimate of drug-likeness (QED) is 0.790. The topological polar surface area (TPSA) is 55.1 Å². The van der Waals surface area contributed by atoms with Crippen LogP contribution >= 0.6 is 0 Å². The molecule has 2 rings (SSSR count). The average Bonchev–Trinajstić information content (AvgIpc) is 3.06. The molecule has 2 saturated carbocycles. The zero-order valence-corrected chi connectivity index (χ0v) is 11.9. The number of nitrogens with two attached hydrogens (primary N) is 1. The normalized spacial score (nSPS) is 24.9. The molecule has 0 unspecified atom stereocenters. The molecule has 3 nitrogen and oxygen atoms in total. The van der Waals surface area contributed by atoms with Crippen LogP contribution in [0.2, 0.25) is 0 Å². The maximum Gasteiger partial charge on any atom is 0.240 e. The van der Waals surface area contributed by atoms with E-state index in [9.17, 15) is 4.79 Å². The number of hydrogen-bond donors (Lipinski definition) is 2. The maximum atomic E-state index is 12.2. The van der Waals surface area contributed by atoms with Crippen molar-refractivity contribution in [3.05, 3.63) is 0 Å². The lowest BCUT2D eigenvalue weighted by molar-refractivity contribution is -0.127. The smallest absolute Gasteiger partial charge is 0.240 e. The van der Waals surface area contributed by atoms with Crippen molar-refractivity contribution in [3.8, 4) is 0 Å². The molecular weight excluding hydrogens is 224 g/mol. The van der Waals surface area contributed by atoms with Crippen molar-refractivity contribution in [2.45, 2.75) is 70.8 Å². The molecule has 104 valence electrons. The minimum Gasteiger partial charge on any atom is -0.354 e. The second-order valence-corrected chi connectivity index (χ2v) is 7.00. The lowest BCUT2D eigenvalue weighted by Gasteiger charge is -2.32. The van der Waals surface area contributed by atoms with Gasteiger partial charge in [0.25, 0.3) is 0 Å². The largest absolute Gasteiger partial charge is 0.354 e. The first-order valence-corrected chi connectivity index (χ1v) is 7.53. The summed E-state index contributed by atoms with van der Waals surface area (Å²) in [5.41, 5.74) is 6.06. The molecule has 1 amide bonds. The summed E-state index contributed by atoms with van der Waals surface area (Å²) in [4.78, 5) is 12.2. The fraction of sp³-hybridized carbons (Fsp3) is 0.933. The Morgan fingerprint density at radius 2 is 1.78 bits per heavy atom. The molecule has 2 aliphatic carbocycles. The summed E-state index contributed by atoms with van der Waals surface area (Å²) in [5.74, 6) is 0.808. The van der Waals surface area contributed by atoms with Crippen molar-refractivity contribution < 1.29 is 4.79 Å². The Morgan fingerprint density at radius 1 is 1.17 bits per heavy atom. The van der Waals surface area contributed by atoms with Crippen LogP contribution in [0, 0.1) is 11.3 Å². The van der Waals surface area contributed by atoms with Gasteiger partial charge in [-0.1, -0.05) is 33.1 Å². The number of amides is 1. The van der Waals surface area contributed by atoms with Gasteiger partial charge in [0.2, 0.25) is 5.91 Å². The van der Waals surface area contributed by atoms with E-state index < -0.39 is 5.54 Å². The van der Waals surface area contributed by atoms with E-state index in [0.29, 0.717) is 11.3 Å². The molecule has 0 aliphatic heterocycles. The minimum atomic E-state index is -0.577. The molecule has 0 aromatic rings. The van der Waals surface area contributed by atoms with E-state index in [1.165, 1.54) is 25.7 Å². The van der Waals surface area contributed by atoms with Gasteiger partial charge >= 0.3 is 0 Å². The van der Waals surface area contributed by atoms with Gasteiger partial charge in [-0.05, 0) is 43.4 Å². The first-order chi connectivity index (χ1) is 8.46. The molecule has 3 N–H and O–H groups in total. The number of nitrogens with one attached hydrogen (secondary N) is 1. The van der Waals surface area contributed by atoms with Gasteiger partial charge in [-0.3, -0.25) is 4.79 Å². The third-order valence-corrected chi connectivity index (χ3v) is 4.62. The first kappa shape index (κ1) is 13.9. The third-order valence-electron chi connectivity index (χ3n) is 4.62. The second kappa shape index (κ2) is 5.20. The Morgan fingerprint density at radius 3 is 2.28 bits per heavy atom. The van der Waals surface area contributed by atoms with Crippen molar-refractivity contribution >= 4 is 5.91 Å². The number of carbonyl (C=O) groups is 1. The Hall–Kier alpha value is -0.570. The molecule has 0 heterocycles. The van der Waals surface area contributed by atoms with Crippen LogP contribution in [-0.4, -0.2) is 18.0 Å². The monoisotopic (exact) mass is 252 g/mol. The van der Waals surface area contributed by atoms with Gasteiger partial charge in [-0.25, -0.2) is 0 Å². The summed E-state index contributed by atoms with van der Waals surface area (Å²) < 4.78 is 0. The minimum absolute atomic E-state index is 0.0947. The highest BCUT2D eigenvalue weighted by Crippen LogP contribution is 2.50. The van der Waals surface area contributed by atoms with Crippen LogP contribution in [0.5, 0.6) is 0 Å². The number of carbonyl (C=O) groups excluding carboxylic acids is 1. The van der Waals surface area contributed by atoms with Crippen molar-refractivity contribution in [2.75, 3.05) is 6.54 Å². The van der Waals surface area contributed by atoms with Gasteiger partial charge < -0.3 is 11.1 Å². The van der Waals surface area contributed by atoms with E-state index in [2.05, 4.69) is 19.2 Å². The summed E-state index contributed by atoms with van der Waals surface area (Å²) in [5, 5.41) is 3.14. The number of hydrogen-bond acceptors (Lipinski definition) is 2. The first-order valence-electron chi connectivity index (χ1n) is 7.53. The van der Waals surface area contributed by atoms with E-state index in [1.807, 2.05) is 0 Å². The van der Waals surface area contributed by atoms with Crippen LogP contribution < -0.4 is 11.1 Å². The Balaban J connectivity index is 1.81. The van der Waals surface area contributed by atoms with Gasteiger partial charge in [0.15, 0.2) is 0 Å². The summed E-state index contributed by atoms with van der Waals surface area (Å²) in [6, 6.07) is 0. The van der Waals surface area contributed by atoms with Gasteiger partial charge in [0, 0.05) is 6.54 Å². The third kappa shape index (κ3) is 3.25. The Bertz CT molecular complexity index is 302. The second-order valence-electron chi connectivity index (χ2n) is 7.00. The molecule has 0 radical (unpaired) electrons. The highest BCUT2D eigenvalue weighted by molar-refractivity contribution is 5.86. The molecule has 2 aliphatic rings. The van der Waals surface area contributed by atoms with E-state index in [4.69, 9.17) is 5.73 Å². The lowest BCUT2D eigenvalue weighted by Crippen LogP contribution is -2.55. The van der Waals surface area contributed by atoms with E-state index in [1.54, 1.807) is 0 Å². The van der Waals surface area contributed by atoms with Crippen molar-refractivity contribution in [1.29, 1.82) is 0 Å². The van der Waals surface area contributed by atoms with Crippen molar-refractivity contribution in [2.24, 2.45) is 17.1 Å². The van der Waals surface area contributed by atoms with E-state index >= 15 is 0 Å². The Labute approximate surface area is 111 Å². The molecule has 0 bridgehead atoms. The summed E-state index contributed by atoms with van der Waals surface area (Å²) >= 11 is 0. The van der Waals surface area contributed by atoms with Gasteiger partial charge in [-0.2, -0.15) is 0 Å². The standard InChI is InChI=1S/C15H28N2O/c1-12(2)10-14(8-9-14)11-17-13(18)15(16)6-4-3-5-7-15/h12H,3-11,16H2,1-2H3,(H,17,18). The highest BCUT2D eigenvalue weighted by Gasteiger charge is 2.44. The van der Waals surface area contributed by atoms with E-state index in [0.717, 1.165) is 32.2 Å². The van der Waals surface area contributed by atoms with Crippen LogP contribution in [-0.2, 0) is 4.79 Å². The maximum absolute atomic E-state index is 12.2. The SMILES string of the molecule is CC(C)CC1(CNC(=O)C2(N)CCCCC2)CC1. The molecule has 3 heteroatoms. The van der Waals surface area contributed by atoms with Gasteiger partial charge in [-0.15, -0.1) is 0 Å². The molecular formula is C15H28N2O. The van der Waals surface area contributed by atoms with Crippen molar-refractivity contribution in [3.63, 3.8) is 0 Å². The molecule has 0 atom stereocenters. The molecule has 0 saturated heterocycles. The van der Waals surface area contributed by atoms with Crippen molar-refractivity contribution in [1.82, 2.24) is 5.32 Å².